The molecule has 3 heterocycles. The van der Waals surface area contributed by atoms with Gasteiger partial charge in [0.1, 0.15) is 5.69 Å². The van der Waals surface area contributed by atoms with Gasteiger partial charge in [-0.15, -0.1) is 0 Å². The van der Waals surface area contributed by atoms with Crippen molar-refractivity contribution in [3.8, 4) is 0 Å². The molecule has 1 aromatic rings. The monoisotopic (exact) mass is 357 g/mol. The first-order chi connectivity index (χ1) is 11.5. The van der Waals surface area contributed by atoms with E-state index >= 15 is 0 Å². The topological polar surface area (TPSA) is 40.6 Å². The highest BCUT2D eigenvalue weighted by atomic mass is 19.4. The highest BCUT2D eigenvalue weighted by Crippen LogP contribution is 2.37. The van der Waals surface area contributed by atoms with Gasteiger partial charge >= 0.3 is 13.3 Å². The van der Waals surface area contributed by atoms with E-state index in [0.717, 1.165) is 6.07 Å². The molecule has 0 saturated carbocycles. The number of alkyl halides is 3. The lowest BCUT2D eigenvalue weighted by Crippen LogP contribution is -2.41. The van der Waals surface area contributed by atoms with Crippen LogP contribution in [0.1, 0.15) is 57.7 Å². The fourth-order valence-electron chi connectivity index (χ4n) is 3.07. The lowest BCUT2D eigenvalue weighted by atomic mass is 9.80. The van der Waals surface area contributed by atoms with Crippen molar-refractivity contribution in [2.45, 2.75) is 63.8 Å². The third-order valence-electron chi connectivity index (χ3n) is 5.35. The summed E-state index contributed by atoms with van der Waals surface area (Å²) < 4.78 is 57.1. The predicted octanol–water partition coefficient (Wildman–Crippen LogP) is 3.29. The van der Waals surface area contributed by atoms with Gasteiger partial charge in [-0.3, -0.25) is 4.98 Å². The molecular formula is C17H23BF3NO3. The van der Waals surface area contributed by atoms with E-state index in [1.54, 1.807) is 6.07 Å². The van der Waals surface area contributed by atoms with Crippen LogP contribution in [-0.4, -0.2) is 36.5 Å². The Labute approximate surface area is 146 Å². The van der Waals surface area contributed by atoms with Crippen LogP contribution in [0.3, 0.4) is 0 Å². The first kappa shape index (κ1) is 18.7. The van der Waals surface area contributed by atoms with Gasteiger partial charge in [-0.05, 0) is 64.2 Å². The largest absolute Gasteiger partial charge is 0.514 e. The number of pyridine rings is 1. The zero-order valence-corrected chi connectivity index (χ0v) is 14.9. The molecule has 2 aliphatic rings. The summed E-state index contributed by atoms with van der Waals surface area (Å²) in [7, 11) is -0.911. The SMILES string of the molecule is CC1(C)OB(c2cc(C3CCOCC3)cc(C(F)(F)F)n2)OC1(C)C. The van der Waals surface area contributed by atoms with E-state index in [-0.39, 0.29) is 11.5 Å². The highest BCUT2D eigenvalue weighted by Gasteiger charge is 2.53. The average Bonchev–Trinajstić information content (AvgIpc) is 2.75. The molecule has 0 unspecified atom stereocenters. The molecule has 1 aromatic heterocycles. The molecule has 0 amide bonds. The van der Waals surface area contributed by atoms with Crippen LogP contribution < -0.4 is 5.59 Å². The van der Waals surface area contributed by atoms with Crippen molar-refractivity contribution in [2.24, 2.45) is 0 Å². The maximum Gasteiger partial charge on any atom is 0.514 e. The zero-order valence-electron chi connectivity index (χ0n) is 14.9. The normalized spacial score (nSPS) is 23.9. The Morgan fingerprint density at radius 3 is 2.12 bits per heavy atom. The minimum atomic E-state index is -4.51. The molecule has 0 N–H and O–H groups in total. The second-order valence-corrected chi connectivity index (χ2v) is 7.68. The van der Waals surface area contributed by atoms with E-state index in [0.29, 0.717) is 31.6 Å². The fourth-order valence-corrected chi connectivity index (χ4v) is 3.07. The smallest absolute Gasteiger partial charge is 0.398 e. The molecule has 0 aromatic carbocycles. The van der Waals surface area contributed by atoms with E-state index < -0.39 is 30.2 Å². The van der Waals surface area contributed by atoms with Crippen molar-refractivity contribution >= 4 is 12.7 Å². The second kappa shape index (κ2) is 6.25. The van der Waals surface area contributed by atoms with Gasteiger partial charge in [-0.25, -0.2) is 0 Å². The van der Waals surface area contributed by atoms with Crippen LogP contribution in [0.5, 0.6) is 0 Å². The van der Waals surface area contributed by atoms with E-state index in [4.69, 9.17) is 14.0 Å². The third kappa shape index (κ3) is 3.71. The minimum Gasteiger partial charge on any atom is -0.398 e. The fraction of sp³-hybridized carbons (Fsp3) is 0.706. The molecule has 0 bridgehead atoms. The lowest BCUT2D eigenvalue weighted by molar-refractivity contribution is -0.141. The van der Waals surface area contributed by atoms with Crippen LogP contribution in [-0.2, 0) is 20.2 Å². The van der Waals surface area contributed by atoms with Gasteiger partial charge in [0.2, 0.25) is 0 Å². The lowest BCUT2D eigenvalue weighted by Gasteiger charge is -2.32. The Morgan fingerprint density at radius 1 is 1.04 bits per heavy atom. The molecule has 2 saturated heterocycles. The Bertz CT molecular complexity index is 627. The highest BCUT2D eigenvalue weighted by molar-refractivity contribution is 6.61. The molecule has 0 spiro atoms. The van der Waals surface area contributed by atoms with E-state index in [9.17, 15) is 13.2 Å². The van der Waals surface area contributed by atoms with Crippen molar-refractivity contribution < 1.29 is 27.2 Å². The van der Waals surface area contributed by atoms with Gasteiger partial charge in [-0.2, -0.15) is 13.2 Å². The van der Waals surface area contributed by atoms with Crippen LogP contribution in [0.15, 0.2) is 12.1 Å². The molecule has 0 aliphatic carbocycles. The van der Waals surface area contributed by atoms with Gasteiger partial charge in [-0.1, -0.05) is 0 Å². The van der Waals surface area contributed by atoms with Crippen molar-refractivity contribution in [1.82, 2.24) is 4.98 Å². The Hall–Kier alpha value is -1.12. The Kier molecular flexibility index (Phi) is 4.67. The van der Waals surface area contributed by atoms with Crippen molar-refractivity contribution in [1.29, 1.82) is 0 Å². The Morgan fingerprint density at radius 2 is 1.60 bits per heavy atom. The second-order valence-electron chi connectivity index (χ2n) is 7.68. The number of hydrogen-bond donors (Lipinski definition) is 0. The standard InChI is InChI=1S/C17H23BF3NO3/c1-15(2)16(3,4)25-18(24-15)14-10-12(11-5-7-23-8-6-11)9-13(22-14)17(19,20)21/h9-11H,5-8H2,1-4H3. The molecule has 8 heteroatoms. The number of ether oxygens (including phenoxy) is 1. The van der Waals surface area contributed by atoms with Crippen LogP contribution in [0.25, 0.3) is 0 Å². The molecule has 138 valence electrons. The maximum atomic E-state index is 13.3. The van der Waals surface area contributed by atoms with Gasteiger partial charge in [0.25, 0.3) is 0 Å². The summed E-state index contributed by atoms with van der Waals surface area (Å²) in [6.07, 6.45) is -3.12. The summed E-state index contributed by atoms with van der Waals surface area (Å²) in [6.45, 7) is 8.56. The molecule has 25 heavy (non-hydrogen) atoms. The van der Waals surface area contributed by atoms with Gasteiger partial charge in [0, 0.05) is 13.2 Å². The molecule has 0 atom stereocenters. The van der Waals surface area contributed by atoms with Crippen LogP contribution in [0.2, 0.25) is 0 Å². The van der Waals surface area contributed by atoms with Crippen molar-refractivity contribution in [3.05, 3.63) is 23.4 Å². The molecular weight excluding hydrogens is 334 g/mol. The summed E-state index contributed by atoms with van der Waals surface area (Å²) in [5.74, 6) is 0.0269. The van der Waals surface area contributed by atoms with E-state index in [1.165, 1.54) is 0 Å². The predicted molar refractivity (Wildman–Crippen MR) is 87.7 cm³/mol. The Balaban J connectivity index is 1.98. The van der Waals surface area contributed by atoms with Crippen LogP contribution in [0, 0.1) is 0 Å². The summed E-state index contributed by atoms with van der Waals surface area (Å²) in [5, 5.41) is 0. The van der Waals surface area contributed by atoms with Gasteiger partial charge < -0.3 is 14.0 Å². The van der Waals surface area contributed by atoms with Gasteiger partial charge in [0.05, 0.1) is 16.8 Å². The van der Waals surface area contributed by atoms with E-state index in [2.05, 4.69) is 4.98 Å². The summed E-state index contributed by atoms with van der Waals surface area (Å²) in [5.41, 5.74) is -1.37. The average molecular weight is 357 g/mol. The number of hydrogen-bond acceptors (Lipinski definition) is 4. The molecule has 2 aliphatic heterocycles. The first-order valence-corrected chi connectivity index (χ1v) is 8.52. The quantitative estimate of drug-likeness (QED) is 0.762. The number of aromatic nitrogens is 1. The third-order valence-corrected chi connectivity index (χ3v) is 5.35. The molecule has 0 radical (unpaired) electrons. The molecule has 4 nitrogen and oxygen atoms in total. The number of halogens is 3. The first-order valence-electron chi connectivity index (χ1n) is 8.52. The molecule has 2 fully saturated rings. The summed E-state index contributed by atoms with van der Waals surface area (Å²) >= 11 is 0. The van der Waals surface area contributed by atoms with Crippen molar-refractivity contribution in [3.63, 3.8) is 0 Å². The summed E-state index contributed by atoms with van der Waals surface area (Å²) in [4.78, 5) is 3.81. The minimum absolute atomic E-state index is 0.0269. The summed E-state index contributed by atoms with van der Waals surface area (Å²) in [6, 6.07) is 2.83. The molecule has 3 rings (SSSR count). The number of nitrogens with zero attached hydrogens (tertiary/aromatic N) is 1. The zero-order chi connectivity index (χ0) is 18.5. The van der Waals surface area contributed by atoms with Crippen molar-refractivity contribution in [2.75, 3.05) is 13.2 Å². The number of rotatable bonds is 2. The van der Waals surface area contributed by atoms with Crippen LogP contribution in [0.4, 0.5) is 13.2 Å². The van der Waals surface area contributed by atoms with Crippen LogP contribution >= 0.6 is 0 Å². The van der Waals surface area contributed by atoms with Gasteiger partial charge in [0.15, 0.2) is 0 Å². The maximum absolute atomic E-state index is 13.3. The van der Waals surface area contributed by atoms with E-state index in [1.807, 2.05) is 27.7 Å².